The van der Waals surface area contributed by atoms with Crippen molar-refractivity contribution in [2.45, 2.75) is 4.90 Å². The third kappa shape index (κ3) is 3.26. The van der Waals surface area contributed by atoms with E-state index in [4.69, 9.17) is 0 Å². The monoisotopic (exact) mass is 292 g/mol. The SMILES string of the molecule is C=CCS(c1ccccc1)=P(O)(O)c1ccccc1. The first-order chi connectivity index (χ1) is 9.16. The van der Waals surface area contributed by atoms with Crippen molar-refractivity contribution in [3.05, 3.63) is 73.3 Å². The van der Waals surface area contributed by atoms with E-state index in [-0.39, 0.29) is 0 Å². The summed E-state index contributed by atoms with van der Waals surface area (Å²) in [5.74, 6) is 0.569. The summed E-state index contributed by atoms with van der Waals surface area (Å²) in [6.07, 6.45) is 1.75. The van der Waals surface area contributed by atoms with Crippen LogP contribution < -0.4 is 5.30 Å². The fraction of sp³-hybridized carbons (Fsp3) is 0.0667. The summed E-state index contributed by atoms with van der Waals surface area (Å²) in [5.41, 5.74) is 0. The molecule has 0 aromatic heterocycles. The minimum atomic E-state index is -3.19. The van der Waals surface area contributed by atoms with Crippen LogP contribution in [0.1, 0.15) is 0 Å². The Hall–Kier alpha value is -1.12. The van der Waals surface area contributed by atoms with Crippen molar-refractivity contribution in [3.63, 3.8) is 0 Å². The fourth-order valence-electron chi connectivity index (χ4n) is 1.79. The lowest BCUT2D eigenvalue weighted by Gasteiger charge is -2.20. The molecule has 0 saturated carbocycles. The standard InChI is InChI=1S/C15H17O2PS/c1-2-13-19(15-11-7-4-8-12-15)18(16,17)14-9-5-3-6-10-14/h2-12,16-17H,1,13H2. The Kier molecular flexibility index (Phi) is 4.78. The van der Waals surface area contributed by atoms with Gasteiger partial charge in [0.05, 0.1) is 0 Å². The lowest BCUT2D eigenvalue weighted by atomic mass is 10.4. The van der Waals surface area contributed by atoms with E-state index >= 15 is 0 Å². The molecule has 0 aliphatic carbocycles. The van der Waals surface area contributed by atoms with Crippen molar-refractivity contribution in [1.82, 2.24) is 0 Å². The van der Waals surface area contributed by atoms with Crippen LogP contribution in [0.25, 0.3) is 0 Å². The molecule has 0 spiro atoms. The minimum Gasteiger partial charge on any atom is -0.345 e. The molecule has 2 N–H and O–H groups in total. The molecule has 0 aliphatic rings. The van der Waals surface area contributed by atoms with Crippen LogP contribution in [0, 0.1) is 0 Å². The van der Waals surface area contributed by atoms with Gasteiger partial charge in [-0.1, -0.05) is 42.5 Å². The predicted octanol–water partition coefficient (Wildman–Crippen LogP) is 2.92. The average Bonchev–Trinajstić information content (AvgIpc) is 2.46. The molecule has 0 aliphatic heterocycles. The van der Waals surface area contributed by atoms with Gasteiger partial charge in [0.25, 0.3) is 0 Å². The van der Waals surface area contributed by atoms with Gasteiger partial charge in [0, 0.05) is 16.0 Å². The Balaban J connectivity index is 2.65. The van der Waals surface area contributed by atoms with E-state index < -0.39 is 16.6 Å². The van der Waals surface area contributed by atoms with Crippen LogP contribution in [-0.4, -0.2) is 15.5 Å². The maximum Gasteiger partial charge on any atom is 0.179 e. The van der Waals surface area contributed by atoms with E-state index in [1.807, 2.05) is 48.5 Å². The first-order valence-corrected chi connectivity index (χ1v) is 9.63. The number of hydrogen-bond acceptors (Lipinski definition) is 0. The Morgan fingerprint density at radius 3 is 2.00 bits per heavy atom. The molecule has 2 aromatic rings. The molecule has 0 heterocycles. The maximum absolute atomic E-state index is 10.7. The summed E-state index contributed by atoms with van der Waals surface area (Å²) in [7, 11) is -0.645. The van der Waals surface area contributed by atoms with Gasteiger partial charge in [-0.15, -0.1) is 16.7 Å². The maximum atomic E-state index is 10.7. The van der Waals surface area contributed by atoms with E-state index in [2.05, 4.69) is 6.58 Å². The van der Waals surface area contributed by atoms with Crippen molar-refractivity contribution in [3.8, 4) is 0 Å². The highest BCUT2D eigenvalue weighted by Crippen LogP contribution is 2.43. The number of hydrogen-bond donors (Lipinski definition) is 2. The first-order valence-electron chi connectivity index (χ1n) is 5.94. The van der Waals surface area contributed by atoms with Crippen molar-refractivity contribution >= 4 is 21.9 Å². The van der Waals surface area contributed by atoms with Gasteiger partial charge in [0.1, 0.15) is 0 Å². The fourth-order valence-corrected chi connectivity index (χ4v) is 7.31. The lowest BCUT2D eigenvalue weighted by Crippen LogP contribution is -2.10. The molecule has 1 unspecified atom stereocenters. The normalized spacial score (nSPS) is 12.9. The van der Waals surface area contributed by atoms with Gasteiger partial charge >= 0.3 is 0 Å². The summed E-state index contributed by atoms with van der Waals surface area (Å²) in [6, 6.07) is 18.7. The molecule has 2 rings (SSSR count). The zero-order valence-electron chi connectivity index (χ0n) is 10.5. The van der Waals surface area contributed by atoms with Gasteiger partial charge in [-0.05, 0) is 24.3 Å². The van der Waals surface area contributed by atoms with E-state index in [1.54, 1.807) is 18.2 Å². The third-order valence-electron chi connectivity index (χ3n) is 2.69. The molecule has 0 saturated heterocycles. The quantitative estimate of drug-likeness (QED) is 0.672. The van der Waals surface area contributed by atoms with Crippen molar-refractivity contribution in [1.29, 1.82) is 0 Å². The van der Waals surface area contributed by atoms with E-state index in [1.165, 1.54) is 0 Å². The second-order valence-electron chi connectivity index (χ2n) is 4.01. The molecule has 19 heavy (non-hydrogen) atoms. The molecule has 2 aromatic carbocycles. The van der Waals surface area contributed by atoms with Crippen LogP contribution in [-0.2, 0) is 10.1 Å². The lowest BCUT2D eigenvalue weighted by molar-refractivity contribution is 0.492. The highest BCUT2D eigenvalue weighted by molar-refractivity contribution is 8.31. The third-order valence-corrected chi connectivity index (χ3v) is 9.20. The van der Waals surface area contributed by atoms with Crippen LogP contribution in [0.5, 0.6) is 0 Å². The number of rotatable bonds is 4. The van der Waals surface area contributed by atoms with Crippen LogP contribution >= 0.6 is 6.49 Å². The van der Waals surface area contributed by atoms with Crippen LogP contribution in [0.2, 0.25) is 0 Å². The molecule has 2 nitrogen and oxygen atoms in total. The highest BCUT2D eigenvalue weighted by Gasteiger charge is 2.19. The van der Waals surface area contributed by atoms with Gasteiger partial charge in [-0.3, -0.25) is 0 Å². The molecule has 0 fully saturated rings. The molecule has 4 heteroatoms. The van der Waals surface area contributed by atoms with Crippen LogP contribution in [0.15, 0.2) is 78.2 Å². The average molecular weight is 292 g/mol. The van der Waals surface area contributed by atoms with Gasteiger partial charge < -0.3 is 9.79 Å². The summed E-state index contributed by atoms with van der Waals surface area (Å²) in [5, 5.41) is 0.615. The van der Waals surface area contributed by atoms with Crippen molar-refractivity contribution < 1.29 is 9.79 Å². The number of benzene rings is 2. The second-order valence-corrected chi connectivity index (χ2v) is 10.0. The molecule has 1 atom stereocenters. The Morgan fingerprint density at radius 1 is 0.947 bits per heavy atom. The minimum absolute atomic E-state index is 0.569. The molecule has 0 radical (unpaired) electrons. The molecular formula is C15H17O2PS. The smallest absolute Gasteiger partial charge is 0.179 e. The Bertz CT molecular complexity index is 603. The molecule has 0 bridgehead atoms. The van der Waals surface area contributed by atoms with Crippen molar-refractivity contribution in [2.75, 3.05) is 5.75 Å². The Labute approximate surface area is 116 Å². The van der Waals surface area contributed by atoms with E-state index in [9.17, 15) is 9.79 Å². The second kappa shape index (κ2) is 6.36. The zero-order valence-corrected chi connectivity index (χ0v) is 12.2. The first kappa shape index (κ1) is 14.3. The van der Waals surface area contributed by atoms with Crippen LogP contribution in [0.3, 0.4) is 0 Å². The van der Waals surface area contributed by atoms with Gasteiger partial charge in [0.2, 0.25) is 0 Å². The summed E-state index contributed by atoms with van der Waals surface area (Å²) >= 11 is 0. The Morgan fingerprint density at radius 2 is 1.47 bits per heavy atom. The zero-order chi connectivity index (χ0) is 13.7. The van der Waals surface area contributed by atoms with E-state index in [0.717, 1.165) is 4.90 Å². The summed E-state index contributed by atoms with van der Waals surface area (Å²) in [6.45, 7) is 0.549. The largest absolute Gasteiger partial charge is 0.345 e. The summed E-state index contributed by atoms with van der Waals surface area (Å²) in [4.78, 5) is 22.3. The summed E-state index contributed by atoms with van der Waals surface area (Å²) < 4.78 is 0. The van der Waals surface area contributed by atoms with Crippen LogP contribution in [0.4, 0.5) is 0 Å². The van der Waals surface area contributed by atoms with Gasteiger partial charge in [-0.2, -0.15) is 0 Å². The predicted molar refractivity (Wildman–Crippen MR) is 84.6 cm³/mol. The molecule has 100 valence electrons. The van der Waals surface area contributed by atoms with Crippen molar-refractivity contribution in [2.24, 2.45) is 0 Å². The van der Waals surface area contributed by atoms with Gasteiger partial charge in [0.15, 0.2) is 6.49 Å². The molecule has 0 amide bonds. The molecular weight excluding hydrogens is 275 g/mol. The van der Waals surface area contributed by atoms with E-state index in [0.29, 0.717) is 11.1 Å². The highest BCUT2D eigenvalue weighted by atomic mass is 32.5. The topological polar surface area (TPSA) is 40.5 Å². The van der Waals surface area contributed by atoms with Gasteiger partial charge in [-0.25, -0.2) is 0 Å².